The van der Waals surface area contributed by atoms with Crippen LogP contribution in [0.4, 0.5) is 5.82 Å². The van der Waals surface area contributed by atoms with Gasteiger partial charge in [0, 0.05) is 20.1 Å². The van der Waals surface area contributed by atoms with Gasteiger partial charge in [-0.05, 0) is 32.3 Å². The van der Waals surface area contributed by atoms with Gasteiger partial charge in [0.1, 0.15) is 11.6 Å². The van der Waals surface area contributed by atoms with Crippen LogP contribution in [0.5, 0.6) is 0 Å². The van der Waals surface area contributed by atoms with E-state index in [1.54, 1.807) is 11.9 Å². The summed E-state index contributed by atoms with van der Waals surface area (Å²) in [4.78, 5) is 15.7. The number of nitrogens with zero attached hydrogens (tertiary/aromatic N) is 5. The molecule has 1 aromatic heterocycles. The van der Waals surface area contributed by atoms with Crippen molar-refractivity contribution < 1.29 is 4.79 Å². The van der Waals surface area contributed by atoms with Crippen LogP contribution in [-0.2, 0) is 4.79 Å². The monoisotopic (exact) mass is 273 g/mol. The molecule has 0 aliphatic carbocycles. The Balaban J connectivity index is 2.17. The van der Waals surface area contributed by atoms with E-state index < -0.39 is 0 Å². The Labute approximate surface area is 119 Å². The Kier molecular flexibility index (Phi) is 4.18. The van der Waals surface area contributed by atoms with Crippen molar-refractivity contribution in [2.45, 2.75) is 26.7 Å². The fourth-order valence-corrected chi connectivity index (χ4v) is 2.34. The molecule has 1 aliphatic heterocycles. The van der Waals surface area contributed by atoms with Crippen molar-refractivity contribution in [3.8, 4) is 6.07 Å². The molecule has 0 radical (unpaired) electrons. The van der Waals surface area contributed by atoms with Gasteiger partial charge in [0.25, 0.3) is 0 Å². The highest BCUT2D eigenvalue weighted by Gasteiger charge is 2.21. The minimum absolute atomic E-state index is 0.0777. The minimum atomic E-state index is 0.0777. The Morgan fingerprint density at radius 3 is 2.60 bits per heavy atom. The SMILES string of the molecule is Cc1nnc(N(C)CC(=O)N2CCCC2)c(C#N)c1C. The zero-order valence-corrected chi connectivity index (χ0v) is 12.2. The lowest BCUT2D eigenvalue weighted by Crippen LogP contribution is -2.38. The van der Waals surface area contributed by atoms with Gasteiger partial charge in [-0.3, -0.25) is 4.79 Å². The van der Waals surface area contributed by atoms with Gasteiger partial charge in [-0.15, -0.1) is 5.10 Å². The molecule has 106 valence electrons. The number of hydrogen-bond donors (Lipinski definition) is 0. The highest BCUT2D eigenvalue weighted by atomic mass is 16.2. The number of aromatic nitrogens is 2. The maximum absolute atomic E-state index is 12.1. The van der Waals surface area contributed by atoms with Gasteiger partial charge in [0.15, 0.2) is 5.82 Å². The number of likely N-dealkylation sites (N-methyl/N-ethyl adjacent to an activating group) is 1. The van der Waals surface area contributed by atoms with Gasteiger partial charge in [0.05, 0.1) is 12.2 Å². The first-order chi connectivity index (χ1) is 9.54. The summed E-state index contributed by atoms with van der Waals surface area (Å²) in [7, 11) is 1.77. The molecule has 0 saturated carbocycles. The Morgan fingerprint density at radius 2 is 2.00 bits per heavy atom. The van der Waals surface area contributed by atoms with Crippen molar-refractivity contribution >= 4 is 11.7 Å². The van der Waals surface area contributed by atoms with E-state index >= 15 is 0 Å². The molecule has 6 nitrogen and oxygen atoms in total. The Morgan fingerprint density at radius 1 is 1.35 bits per heavy atom. The van der Waals surface area contributed by atoms with Crippen molar-refractivity contribution in [1.82, 2.24) is 15.1 Å². The predicted molar refractivity (Wildman–Crippen MR) is 75.3 cm³/mol. The van der Waals surface area contributed by atoms with Crippen LogP contribution >= 0.6 is 0 Å². The molecule has 6 heteroatoms. The number of nitriles is 1. The first kappa shape index (κ1) is 14.3. The number of carbonyl (C=O) groups is 1. The molecule has 0 N–H and O–H groups in total. The summed E-state index contributed by atoms with van der Waals surface area (Å²) in [6.45, 7) is 5.56. The van der Waals surface area contributed by atoms with Crippen LogP contribution in [0.3, 0.4) is 0 Å². The average Bonchev–Trinajstić information content (AvgIpc) is 2.95. The van der Waals surface area contributed by atoms with Crippen LogP contribution < -0.4 is 4.90 Å². The van der Waals surface area contributed by atoms with Gasteiger partial charge in [-0.25, -0.2) is 0 Å². The lowest BCUT2D eigenvalue weighted by molar-refractivity contribution is -0.128. The molecule has 1 amide bonds. The van der Waals surface area contributed by atoms with Gasteiger partial charge in [-0.2, -0.15) is 10.4 Å². The quantitative estimate of drug-likeness (QED) is 0.822. The molecule has 0 bridgehead atoms. The molecule has 20 heavy (non-hydrogen) atoms. The van der Waals surface area contributed by atoms with Crippen LogP contribution in [-0.4, -0.2) is 47.7 Å². The second-order valence-corrected chi connectivity index (χ2v) is 5.16. The third-order valence-electron chi connectivity index (χ3n) is 3.74. The van der Waals surface area contributed by atoms with Crippen molar-refractivity contribution in [2.75, 3.05) is 31.6 Å². The van der Waals surface area contributed by atoms with Gasteiger partial charge in [-0.1, -0.05) is 0 Å². The molecule has 2 rings (SSSR count). The zero-order valence-electron chi connectivity index (χ0n) is 12.2. The van der Waals surface area contributed by atoms with E-state index in [9.17, 15) is 10.1 Å². The molecular weight excluding hydrogens is 254 g/mol. The largest absolute Gasteiger partial charge is 0.348 e. The predicted octanol–water partition coefficient (Wildman–Crippen LogP) is 1.02. The second-order valence-electron chi connectivity index (χ2n) is 5.16. The van der Waals surface area contributed by atoms with E-state index in [1.807, 2.05) is 18.7 Å². The number of carbonyl (C=O) groups excluding carboxylic acids is 1. The molecule has 0 aromatic carbocycles. The maximum atomic E-state index is 12.1. The van der Waals surface area contributed by atoms with E-state index in [0.717, 1.165) is 37.2 Å². The van der Waals surface area contributed by atoms with Crippen molar-refractivity contribution in [3.63, 3.8) is 0 Å². The number of aryl methyl sites for hydroxylation is 1. The van der Waals surface area contributed by atoms with E-state index in [2.05, 4.69) is 16.3 Å². The number of anilines is 1. The molecular formula is C14H19N5O. The van der Waals surface area contributed by atoms with Crippen molar-refractivity contribution in [3.05, 3.63) is 16.8 Å². The molecule has 1 fully saturated rings. The summed E-state index contributed by atoms with van der Waals surface area (Å²) in [5.74, 6) is 0.553. The van der Waals surface area contributed by atoms with Gasteiger partial charge >= 0.3 is 0 Å². The van der Waals surface area contributed by atoms with Crippen molar-refractivity contribution in [1.29, 1.82) is 5.26 Å². The summed E-state index contributed by atoms with van der Waals surface area (Å²) < 4.78 is 0. The number of likely N-dealkylation sites (tertiary alicyclic amines) is 1. The van der Waals surface area contributed by atoms with Crippen LogP contribution in [0.1, 0.15) is 29.7 Å². The topological polar surface area (TPSA) is 73.1 Å². The first-order valence-electron chi connectivity index (χ1n) is 6.77. The summed E-state index contributed by atoms with van der Waals surface area (Å²) in [6.07, 6.45) is 2.14. The zero-order chi connectivity index (χ0) is 14.7. The molecule has 2 heterocycles. The van der Waals surface area contributed by atoms with E-state index in [0.29, 0.717) is 11.4 Å². The minimum Gasteiger partial charge on any atom is -0.348 e. The Hall–Kier alpha value is -2.16. The molecule has 0 spiro atoms. The number of hydrogen-bond acceptors (Lipinski definition) is 5. The van der Waals surface area contributed by atoms with Crippen molar-refractivity contribution in [2.24, 2.45) is 0 Å². The number of amides is 1. The first-order valence-corrected chi connectivity index (χ1v) is 6.77. The maximum Gasteiger partial charge on any atom is 0.242 e. The fourth-order valence-electron chi connectivity index (χ4n) is 2.34. The smallest absolute Gasteiger partial charge is 0.242 e. The molecule has 0 unspecified atom stereocenters. The highest BCUT2D eigenvalue weighted by Crippen LogP contribution is 2.20. The van der Waals surface area contributed by atoms with E-state index in [4.69, 9.17) is 0 Å². The molecule has 1 aromatic rings. The van der Waals surface area contributed by atoms with Crippen LogP contribution in [0.15, 0.2) is 0 Å². The summed E-state index contributed by atoms with van der Waals surface area (Å²) in [5.41, 5.74) is 2.05. The summed E-state index contributed by atoms with van der Waals surface area (Å²) in [6, 6.07) is 2.16. The average molecular weight is 273 g/mol. The third kappa shape index (κ3) is 2.72. The fraction of sp³-hybridized carbons (Fsp3) is 0.571. The summed E-state index contributed by atoms with van der Waals surface area (Å²) >= 11 is 0. The van der Waals surface area contributed by atoms with Gasteiger partial charge in [0.2, 0.25) is 5.91 Å². The van der Waals surface area contributed by atoms with Gasteiger partial charge < -0.3 is 9.80 Å². The summed E-state index contributed by atoms with van der Waals surface area (Å²) in [5, 5.41) is 17.4. The lowest BCUT2D eigenvalue weighted by atomic mass is 10.1. The number of rotatable bonds is 3. The third-order valence-corrected chi connectivity index (χ3v) is 3.74. The van der Waals surface area contributed by atoms with E-state index in [1.165, 1.54) is 0 Å². The molecule has 1 saturated heterocycles. The second kappa shape index (κ2) is 5.87. The Bertz CT molecular complexity index is 557. The van der Waals surface area contributed by atoms with Crippen LogP contribution in [0.25, 0.3) is 0 Å². The van der Waals surface area contributed by atoms with E-state index in [-0.39, 0.29) is 12.5 Å². The van der Waals surface area contributed by atoms with Crippen LogP contribution in [0, 0.1) is 25.2 Å². The molecule has 0 atom stereocenters. The normalized spacial score (nSPS) is 14.2. The standard InChI is InChI=1S/C14H19N5O/c1-10-11(2)16-17-14(12(10)8-15)18(3)9-13(20)19-6-4-5-7-19/h4-7,9H2,1-3H3. The highest BCUT2D eigenvalue weighted by molar-refractivity contribution is 5.81. The van der Waals surface area contributed by atoms with Crippen LogP contribution in [0.2, 0.25) is 0 Å². The lowest BCUT2D eigenvalue weighted by Gasteiger charge is -2.22. The molecule has 1 aliphatic rings.